The van der Waals surface area contributed by atoms with E-state index >= 15 is 0 Å². The average molecular weight is 354 g/mol. The van der Waals surface area contributed by atoms with E-state index in [9.17, 15) is 9.59 Å². The number of anilines is 1. The lowest BCUT2D eigenvalue weighted by molar-refractivity contribution is -0.117. The van der Waals surface area contributed by atoms with Crippen molar-refractivity contribution in [3.05, 3.63) is 52.6 Å². The smallest absolute Gasteiger partial charge is 0.279 e. The van der Waals surface area contributed by atoms with Gasteiger partial charge in [-0.15, -0.1) is 0 Å². The molecule has 0 bridgehead atoms. The Hall–Kier alpha value is -3.42. The molecule has 0 aliphatic heterocycles. The second-order valence-electron chi connectivity index (χ2n) is 5.59. The number of pyridine rings is 1. The molecule has 8 nitrogen and oxygen atoms in total. The van der Waals surface area contributed by atoms with Crippen molar-refractivity contribution < 1.29 is 14.3 Å². The van der Waals surface area contributed by atoms with Crippen LogP contribution in [0.1, 0.15) is 5.69 Å². The van der Waals surface area contributed by atoms with Crippen LogP contribution in [-0.2, 0) is 11.3 Å². The van der Waals surface area contributed by atoms with Gasteiger partial charge in [-0.25, -0.2) is 9.67 Å². The monoisotopic (exact) mass is 354 g/mol. The molecule has 0 saturated heterocycles. The van der Waals surface area contributed by atoms with Crippen molar-refractivity contribution in [3.63, 3.8) is 0 Å². The Kier molecular flexibility index (Phi) is 4.83. The highest BCUT2D eigenvalue weighted by Crippen LogP contribution is 2.32. The highest BCUT2D eigenvalue weighted by Gasteiger charge is 2.16. The van der Waals surface area contributed by atoms with Gasteiger partial charge in [-0.2, -0.15) is 5.10 Å². The quantitative estimate of drug-likeness (QED) is 0.750. The molecule has 1 aromatic carbocycles. The van der Waals surface area contributed by atoms with Crippen molar-refractivity contribution in [3.8, 4) is 11.5 Å². The SMILES string of the molecule is COc1ccc2cnn(CC(=O)Nc3cccc(C)n3)c(=O)c2c1OC. The summed E-state index contributed by atoms with van der Waals surface area (Å²) in [7, 11) is 2.95. The molecule has 0 unspecified atom stereocenters. The number of aromatic nitrogens is 3. The lowest BCUT2D eigenvalue weighted by Gasteiger charge is -2.12. The van der Waals surface area contributed by atoms with E-state index in [1.54, 1.807) is 24.3 Å². The van der Waals surface area contributed by atoms with Gasteiger partial charge >= 0.3 is 0 Å². The number of rotatable bonds is 5. The molecule has 134 valence electrons. The van der Waals surface area contributed by atoms with E-state index in [4.69, 9.17) is 9.47 Å². The van der Waals surface area contributed by atoms with Crippen molar-refractivity contribution in [2.24, 2.45) is 0 Å². The van der Waals surface area contributed by atoms with E-state index in [1.165, 1.54) is 20.4 Å². The number of hydrogen-bond acceptors (Lipinski definition) is 6. The van der Waals surface area contributed by atoms with Crippen LogP contribution in [0.4, 0.5) is 5.82 Å². The van der Waals surface area contributed by atoms with E-state index < -0.39 is 11.5 Å². The second kappa shape index (κ2) is 7.22. The number of benzene rings is 1. The van der Waals surface area contributed by atoms with Crippen molar-refractivity contribution in [1.82, 2.24) is 14.8 Å². The largest absolute Gasteiger partial charge is 0.493 e. The average Bonchev–Trinajstić information content (AvgIpc) is 2.63. The van der Waals surface area contributed by atoms with Crippen molar-refractivity contribution >= 4 is 22.5 Å². The number of hydrogen-bond donors (Lipinski definition) is 1. The molecule has 0 saturated carbocycles. The minimum Gasteiger partial charge on any atom is -0.493 e. The van der Waals surface area contributed by atoms with Gasteiger partial charge in [-0.3, -0.25) is 9.59 Å². The minimum atomic E-state index is -0.439. The van der Waals surface area contributed by atoms with Gasteiger partial charge in [0.05, 0.1) is 25.8 Å². The van der Waals surface area contributed by atoms with Gasteiger partial charge < -0.3 is 14.8 Å². The summed E-state index contributed by atoms with van der Waals surface area (Å²) in [6.07, 6.45) is 1.51. The number of aryl methyl sites for hydroxylation is 1. The molecule has 1 N–H and O–H groups in total. The number of fused-ring (bicyclic) bond motifs is 1. The zero-order valence-electron chi connectivity index (χ0n) is 14.6. The Morgan fingerprint density at radius 2 is 2.00 bits per heavy atom. The zero-order valence-corrected chi connectivity index (χ0v) is 14.6. The van der Waals surface area contributed by atoms with Crippen LogP contribution in [0, 0.1) is 6.92 Å². The summed E-state index contributed by atoms with van der Waals surface area (Å²) in [6.45, 7) is 1.58. The summed E-state index contributed by atoms with van der Waals surface area (Å²) in [6, 6.07) is 8.70. The number of nitrogens with one attached hydrogen (secondary N) is 1. The molecule has 1 amide bonds. The number of methoxy groups -OCH3 is 2. The Balaban J connectivity index is 1.94. The molecule has 0 fully saturated rings. The Labute approximate surface area is 149 Å². The van der Waals surface area contributed by atoms with Gasteiger partial charge in [0, 0.05) is 11.1 Å². The van der Waals surface area contributed by atoms with Gasteiger partial charge in [0.15, 0.2) is 11.5 Å². The first kappa shape index (κ1) is 17.4. The molecule has 26 heavy (non-hydrogen) atoms. The molecule has 0 radical (unpaired) electrons. The molecule has 0 spiro atoms. The fraction of sp³-hybridized carbons (Fsp3) is 0.222. The van der Waals surface area contributed by atoms with Gasteiger partial charge in [0.1, 0.15) is 12.4 Å². The van der Waals surface area contributed by atoms with E-state index in [-0.39, 0.29) is 6.54 Å². The van der Waals surface area contributed by atoms with Crippen LogP contribution in [0.25, 0.3) is 10.8 Å². The summed E-state index contributed by atoms with van der Waals surface area (Å²) in [4.78, 5) is 29.2. The molecule has 2 aromatic heterocycles. The lowest BCUT2D eigenvalue weighted by atomic mass is 10.1. The predicted octanol–water partition coefficient (Wildman–Crippen LogP) is 1.76. The molecular formula is C18H18N4O4. The molecular weight excluding hydrogens is 336 g/mol. The van der Waals surface area contributed by atoms with Crippen LogP contribution in [0.2, 0.25) is 0 Å². The highest BCUT2D eigenvalue weighted by molar-refractivity contribution is 5.91. The van der Waals surface area contributed by atoms with Crippen LogP contribution < -0.4 is 20.3 Å². The van der Waals surface area contributed by atoms with Gasteiger partial charge in [-0.1, -0.05) is 6.07 Å². The fourth-order valence-corrected chi connectivity index (χ4v) is 2.63. The summed E-state index contributed by atoms with van der Waals surface area (Å²) >= 11 is 0. The summed E-state index contributed by atoms with van der Waals surface area (Å²) in [5, 5.41) is 7.63. The van der Waals surface area contributed by atoms with Crippen molar-refractivity contribution in [2.75, 3.05) is 19.5 Å². The summed E-state index contributed by atoms with van der Waals surface area (Å²) in [5.41, 5.74) is 0.339. The second-order valence-corrected chi connectivity index (χ2v) is 5.59. The Bertz CT molecular complexity index is 1030. The molecule has 0 aliphatic carbocycles. The topological polar surface area (TPSA) is 95.3 Å². The fourth-order valence-electron chi connectivity index (χ4n) is 2.63. The maximum atomic E-state index is 12.8. The van der Waals surface area contributed by atoms with Crippen LogP contribution >= 0.6 is 0 Å². The number of nitrogens with zero attached hydrogens (tertiary/aromatic N) is 3. The molecule has 8 heteroatoms. The van der Waals surface area contributed by atoms with Crippen LogP contribution in [0.5, 0.6) is 11.5 Å². The summed E-state index contributed by atoms with van der Waals surface area (Å²) < 4.78 is 11.6. The number of carbonyl (C=O) groups is 1. The Morgan fingerprint density at radius 3 is 2.69 bits per heavy atom. The molecule has 0 aliphatic rings. The number of ether oxygens (including phenoxy) is 2. The van der Waals surface area contributed by atoms with Gasteiger partial charge in [-0.05, 0) is 31.2 Å². The van der Waals surface area contributed by atoms with Crippen molar-refractivity contribution in [1.29, 1.82) is 0 Å². The molecule has 2 heterocycles. The third-order valence-corrected chi connectivity index (χ3v) is 3.81. The lowest BCUT2D eigenvalue weighted by Crippen LogP contribution is -2.30. The Morgan fingerprint density at radius 1 is 1.19 bits per heavy atom. The van der Waals surface area contributed by atoms with E-state index in [1.807, 2.05) is 13.0 Å². The van der Waals surface area contributed by atoms with Crippen molar-refractivity contribution in [2.45, 2.75) is 13.5 Å². The zero-order chi connectivity index (χ0) is 18.7. The van der Waals surface area contributed by atoms with E-state index in [2.05, 4.69) is 15.4 Å². The minimum absolute atomic E-state index is 0.245. The maximum Gasteiger partial charge on any atom is 0.279 e. The third-order valence-electron chi connectivity index (χ3n) is 3.81. The third kappa shape index (κ3) is 3.34. The van der Waals surface area contributed by atoms with Crippen LogP contribution in [0.3, 0.4) is 0 Å². The van der Waals surface area contributed by atoms with E-state index in [0.717, 1.165) is 10.4 Å². The standard InChI is InChI=1S/C18H18N4O4/c1-11-5-4-6-14(20-11)21-15(23)10-22-18(24)16-12(9-19-22)7-8-13(25-2)17(16)26-3/h4-9H,10H2,1-3H3,(H,20,21,23). The first-order valence-corrected chi connectivity index (χ1v) is 7.88. The highest BCUT2D eigenvalue weighted by atomic mass is 16.5. The van der Waals surface area contributed by atoms with Crippen LogP contribution in [-0.4, -0.2) is 34.9 Å². The molecule has 0 atom stereocenters. The first-order valence-electron chi connectivity index (χ1n) is 7.88. The van der Waals surface area contributed by atoms with E-state index in [0.29, 0.717) is 28.1 Å². The first-order chi connectivity index (χ1) is 12.5. The maximum absolute atomic E-state index is 12.8. The van der Waals surface area contributed by atoms with Gasteiger partial charge in [0.25, 0.3) is 5.56 Å². The summed E-state index contributed by atoms with van der Waals surface area (Å²) in [5.74, 6) is 0.761. The predicted molar refractivity (Wildman–Crippen MR) is 96.7 cm³/mol. The van der Waals surface area contributed by atoms with Gasteiger partial charge in [0.2, 0.25) is 5.91 Å². The number of carbonyl (C=O) groups excluding carboxylic acids is 1. The normalized spacial score (nSPS) is 10.6. The molecule has 3 aromatic rings. The van der Waals surface area contributed by atoms with Crippen LogP contribution in [0.15, 0.2) is 41.3 Å². The molecule has 3 rings (SSSR count). The number of amides is 1.